The Hall–Kier alpha value is -3.10. The topological polar surface area (TPSA) is 93.2 Å². The lowest BCUT2D eigenvalue weighted by atomic mass is 10.1. The van der Waals surface area contributed by atoms with Gasteiger partial charge in [0.05, 0.1) is 6.04 Å². The van der Waals surface area contributed by atoms with Gasteiger partial charge in [0.1, 0.15) is 5.82 Å². The molecule has 2 amide bonds. The van der Waals surface area contributed by atoms with Crippen molar-refractivity contribution in [3.63, 3.8) is 0 Å². The second-order valence-corrected chi connectivity index (χ2v) is 6.35. The summed E-state index contributed by atoms with van der Waals surface area (Å²) in [5.41, 5.74) is 2.22. The maximum Gasteiger partial charge on any atom is 0.272 e. The van der Waals surface area contributed by atoms with Crippen LogP contribution in [-0.4, -0.2) is 34.8 Å². The molecule has 0 spiro atoms. The first-order valence-corrected chi connectivity index (χ1v) is 8.60. The van der Waals surface area contributed by atoms with Crippen LogP contribution in [0.1, 0.15) is 47.1 Å². The number of anilines is 1. The van der Waals surface area contributed by atoms with Gasteiger partial charge in [-0.1, -0.05) is 0 Å². The van der Waals surface area contributed by atoms with Crippen LogP contribution >= 0.6 is 0 Å². The fourth-order valence-electron chi connectivity index (χ4n) is 2.52. The molecule has 2 N–H and O–H groups in total. The molecule has 150 valence electrons. The third-order valence-corrected chi connectivity index (χ3v) is 3.76. The molecule has 0 saturated carbocycles. The Labute approximate surface area is 161 Å². The number of rotatable bonds is 7. The number of aromatic nitrogens is 2. The van der Waals surface area contributed by atoms with Gasteiger partial charge >= 0.3 is 0 Å². The van der Waals surface area contributed by atoms with Crippen LogP contribution in [-0.2, 0) is 4.79 Å². The van der Waals surface area contributed by atoms with Gasteiger partial charge in [0.25, 0.3) is 12.3 Å². The first-order chi connectivity index (χ1) is 13.2. The largest absolute Gasteiger partial charge is 0.471 e. The predicted octanol–water partition coefficient (Wildman–Crippen LogP) is 3.19. The minimum Gasteiger partial charge on any atom is -0.471 e. The Morgan fingerprint density at radius 2 is 1.93 bits per heavy atom. The number of carbonyl (C=O) groups is 2. The second-order valence-electron chi connectivity index (χ2n) is 6.35. The van der Waals surface area contributed by atoms with Crippen LogP contribution in [0.25, 0.3) is 0 Å². The summed E-state index contributed by atoms with van der Waals surface area (Å²) in [4.78, 5) is 32.0. The minimum atomic E-state index is -2.58. The molecule has 1 unspecified atom stereocenters. The number of alkyl halides is 2. The lowest BCUT2D eigenvalue weighted by Crippen LogP contribution is -2.27. The van der Waals surface area contributed by atoms with Crippen LogP contribution in [0.4, 0.5) is 14.6 Å². The van der Waals surface area contributed by atoms with Gasteiger partial charge in [-0.05, 0) is 44.5 Å². The predicted molar refractivity (Wildman–Crippen MR) is 99.6 cm³/mol. The fraction of sp³-hybridized carbons (Fsp3) is 0.368. The first-order valence-electron chi connectivity index (χ1n) is 8.60. The highest BCUT2D eigenvalue weighted by Gasteiger charge is 2.15. The lowest BCUT2D eigenvalue weighted by Gasteiger charge is -2.16. The fourth-order valence-corrected chi connectivity index (χ4v) is 2.52. The molecule has 2 aromatic heterocycles. The molecular formula is C19H22F2N4O3. The van der Waals surface area contributed by atoms with Crippen molar-refractivity contribution in [2.45, 2.75) is 40.2 Å². The van der Waals surface area contributed by atoms with Crippen molar-refractivity contribution in [2.75, 3.05) is 11.9 Å². The zero-order valence-electron chi connectivity index (χ0n) is 16.0. The molecule has 0 bridgehead atoms. The average molecular weight is 392 g/mol. The van der Waals surface area contributed by atoms with Gasteiger partial charge in [-0.25, -0.2) is 18.7 Å². The van der Waals surface area contributed by atoms with Gasteiger partial charge in [-0.2, -0.15) is 0 Å². The maximum atomic E-state index is 12.6. The molecule has 0 fully saturated rings. The SMILES string of the molecule is CC(=O)Nc1cc(C(=O)NC(C)c2cnc(OCC(F)F)c(C)c2)cc(C)n1. The maximum absolute atomic E-state index is 12.6. The van der Waals surface area contributed by atoms with Gasteiger partial charge in [0, 0.05) is 29.9 Å². The second kappa shape index (κ2) is 9.20. The number of halogens is 2. The zero-order chi connectivity index (χ0) is 20.8. The molecule has 0 aromatic carbocycles. The first kappa shape index (κ1) is 21.2. The highest BCUT2D eigenvalue weighted by molar-refractivity contribution is 5.96. The Bertz CT molecular complexity index is 874. The van der Waals surface area contributed by atoms with Crippen LogP contribution in [0.2, 0.25) is 0 Å². The van der Waals surface area contributed by atoms with Crippen molar-refractivity contribution in [1.29, 1.82) is 0 Å². The van der Waals surface area contributed by atoms with E-state index in [0.29, 0.717) is 28.2 Å². The third-order valence-electron chi connectivity index (χ3n) is 3.76. The van der Waals surface area contributed by atoms with E-state index < -0.39 is 13.0 Å². The minimum absolute atomic E-state index is 0.132. The summed E-state index contributed by atoms with van der Waals surface area (Å²) in [6.07, 6.45) is -1.11. The van der Waals surface area contributed by atoms with Crippen LogP contribution in [0.5, 0.6) is 5.88 Å². The molecule has 0 aliphatic heterocycles. The van der Waals surface area contributed by atoms with Gasteiger partial charge in [0.2, 0.25) is 11.8 Å². The monoisotopic (exact) mass is 392 g/mol. The number of amides is 2. The molecule has 28 heavy (non-hydrogen) atoms. The van der Waals surface area contributed by atoms with Crippen molar-refractivity contribution < 1.29 is 23.1 Å². The molecule has 1 atom stereocenters. The van der Waals surface area contributed by atoms with Gasteiger partial charge < -0.3 is 15.4 Å². The third kappa shape index (κ3) is 5.97. The van der Waals surface area contributed by atoms with Crippen molar-refractivity contribution in [3.05, 3.63) is 46.8 Å². The average Bonchev–Trinajstić information content (AvgIpc) is 2.59. The van der Waals surface area contributed by atoms with Crippen LogP contribution in [0.3, 0.4) is 0 Å². The van der Waals surface area contributed by atoms with E-state index in [0.717, 1.165) is 0 Å². The molecule has 0 saturated heterocycles. The molecule has 2 aromatic rings. The van der Waals surface area contributed by atoms with E-state index in [9.17, 15) is 18.4 Å². The molecule has 0 aliphatic carbocycles. The number of carbonyl (C=O) groups excluding carboxylic acids is 2. The zero-order valence-corrected chi connectivity index (χ0v) is 16.0. The summed E-state index contributed by atoms with van der Waals surface area (Å²) in [6, 6.07) is 4.43. The number of nitrogens with one attached hydrogen (secondary N) is 2. The van der Waals surface area contributed by atoms with Gasteiger partial charge in [-0.15, -0.1) is 0 Å². The quantitative estimate of drug-likeness (QED) is 0.755. The van der Waals surface area contributed by atoms with Crippen LogP contribution < -0.4 is 15.4 Å². The van der Waals surface area contributed by atoms with Crippen molar-refractivity contribution in [2.24, 2.45) is 0 Å². The Morgan fingerprint density at radius 3 is 2.54 bits per heavy atom. The summed E-state index contributed by atoms with van der Waals surface area (Å²) in [7, 11) is 0. The molecule has 0 radical (unpaired) electrons. The number of hydrogen-bond donors (Lipinski definition) is 2. The highest BCUT2D eigenvalue weighted by atomic mass is 19.3. The number of aryl methyl sites for hydroxylation is 2. The molecule has 9 heteroatoms. The summed E-state index contributed by atoms with van der Waals surface area (Å²) >= 11 is 0. The Balaban J connectivity index is 2.11. The molecular weight excluding hydrogens is 370 g/mol. The number of nitrogens with zero attached hydrogens (tertiary/aromatic N) is 2. The van der Waals surface area contributed by atoms with Crippen LogP contribution in [0.15, 0.2) is 24.4 Å². The van der Waals surface area contributed by atoms with E-state index in [1.807, 2.05) is 0 Å². The van der Waals surface area contributed by atoms with E-state index in [4.69, 9.17) is 4.74 Å². The van der Waals surface area contributed by atoms with E-state index in [2.05, 4.69) is 20.6 Å². The lowest BCUT2D eigenvalue weighted by molar-refractivity contribution is -0.114. The summed E-state index contributed by atoms with van der Waals surface area (Å²) in [6.45, 7) is 5.82. The molecule has 2 heterocycles. The van der Waals surface area contributed by atoms with E-state index in [-0.39, 0.29) is 23.7 Å². The number of ether oxygens (including phenoxy) is 1. The smallest absolute Gasteiger partial charge is 0.272 e. The Kier molecular flexibility index (Phi) is 6.97. The normalized spacial score (nSPS) is 11.8. The van der Waals surface area contributed by atoms with E-state index in [1.165, 1.54) is 19.2 Å². The van der Waals surface area contributed by atoms with E-state index >= 15 is 0 Å². The molecule has 2 rings (SSSR count). The Morgan fingerprint density at radius 1 is 1.21 bits per heavy atom. The van der Waals surface area contributed by atoms with Crippen molar-refractivity contribution in [3.8, 4) is 5.88 Å². The van der Waals surface area contributed by atoms with Gasteiger partial charge in [-0.3, -0.25) is 9.59 Å². The summed E-state index contributed by atoms with van der Waals surface area (Å²) < 4.78 is 29.5. The van der Waals surface area contributed by atoms with Gasteiger partial charge in [0.15, 0.2) is 6.61 Å². The molecule has 0 aliphatic rings. The number of hydrogen-bond acceptors (Lipinski definition) is 5. The number of pyridine rings is 2. The molecule has 7 nitrogen and oxygen atoms in total. The summed E-state index contributed by atoms with van der Waals surface area (Å²) in [5.74, 6) is -0.204. The van der Waals surface area contributed by atoms with Crippen molar-refractivity contribution in [1.82, 2.24) is 15.3 Å². The van der Waals surface area contributed by atoms with Crippen molar-refractivity contribution >= 4 is 17.6 Å². The standard InChI is InChI=1S/C19H22F2N4O3/c1-10-5-15(8-22-19(10)28-9-16(20)21)12(3)24-18(27)14-6-11(2)23-17(7-14)25-13(4)26/h5-8,12,16H,9H2,1-4H3,(H,24,27)(H,23,25,26). The summed E-state index contributed by atoms with van der Waals surface area (Å²) in [5, 5.41) is 5.39. The van der Waals surface area contributed by atoms with E-state index in [1.54, 1.807) is 32.9 Å². The van der Waals surface area contributed by atoms with Crippen LogP contribution in [0, 0.1) is 13.8 Å². The highest BCUT2D eigenvalue weighted by Crippen LogP contribution is 2.21.